The van der Waals surface area contributed by atoms with E-state index in [2.05, 4.69) is 21.2 Å². The molecule has 0 atom stereocenters. The molecule has 84 valence electrons. The van der Waals surface area contributed by atoms with E-state index in [1.165, 1.54) is 0 Å². The topological polar surface area (TPSA) is 49.4 Å². The number of nitrogens with zero attached hydrogens (tertiary/aromatic N) is 1. The number of hydrogen-bond acceptors (Lipinski definition) is 2. The van der Waals surface area contributed by atoms with Crippen LogP contribution >= 0.6 is 15.9 Å². The lowest BCUT2D eigenvalue weighted by Crippen LogP contribution is -2.32. The number of halogens is 3. The number of carbonyl (C=O) groups excluding carboxylic acids is 2. The summed E-state index contributed by atoms with van der Waals surface area (Å²) in [6.45, 7) is -0.256. The van der Waals surface area contributed by atoms with Crippen molar-refractivity contribution in [3.05, 3.63) is 28.2 Å². The third kappa shape index (κ3) is 1.67. The van der Waals surface area contributed by atoms with Gasteiger partial charge in [0.25, 0.3) is 5.91 Å². The Morgan fingerprint density at radius 2 is 1.81 bits per heavy atom. The van der Waals surface area contributed by atoms with E-state index in [9.17, 15) is 18.4 Å². The molecule has 0 bridgehead atoms. The summed E-state index contributed by atoms with van der Waals surface area (Å²) >= 11 is 2.90. The molecule has 16 heavy (non-hydrogen) atoms. The lowest BCUT2D eigenvalue weighted by molar-refractivity contribution is -0.115. The molecule has 1 N–H and O–H groups in total. The number of carbonyl (C=O) groups is 2. The summed E-state index contributed by atoms with van der Waals surface area (Å²) < 4.78 is 27.1. The number of hydrogen-bond donors (Lipinski definition) is 1. The van der Waals surface area contributed by atoms with Crippen molar-refractivity contribution in [2.75, 3.05) is 11.4 Å². The van der Waals surface area contributed by atoms with E-state index in [-0.39, 0.29) is 11.0 Å². The summed E-state index contributed by atoms with van der Waals surface area (Å²) in [7, 11) is 0. The van der Waals surface area contributed by atoms with Gasteiger partial charge in [-0.3, -0.25) is 4.79 Å². The van der Waals surface area contributed by atoms with Gasteiger partial charge in [-0.2, -0.15) is 0 Å². The van der Waals surface area contributed by atoms with E-state index in [0.717, 1.165) is 12.1 Å². The first-order valence-corrected chi connectivity index (χ1v) is 5.05. The van der Waals surface area contributed by atoms with Crippen molar-refractivity contribution in [2.24, 2.45) is 0 Å². The van der Waals surface area contributed by atoms with Crippen LogP contribution in [0.4, 0.5) is 19.3 Å². The van der Waals surface area contributed by atoms with E-state index >= 15 is 0 Å². The Morgan fingerprint density at radius 1 is 1.25 bits per heavy atom. The fraction of sp³-hybridized carbons (Fsp3) is 0.111. The number of amides is 3. The van der Waals surface area contributed by atoms with E-state index in [1.807, 2.05) is 0 Å². The number of benzene rings is 1. The molecule has 0 radical (unpaired) electrons. The molecular formula is C9H5BrF2N2O2. The summed E-state index contributed by atoms with van der Waals surface area (Å²) in [5, 5.41) is 2.18. The predicted octanol–water partition coefficient (Wildman–Crippen LogP) is 1.78. The maximum atomic E-state index is 13.5. The number of imide groups is 1. The maximum absolute atomic E-state index is 13.5. The molecule has 1 fully saturated rings. The van der Waals surface area contributed by atoms with Crippen molar-refractivity contribution in [3.63, 3.8) is 0 Å². The fourth-order valence-corrected chi connectivity index (χ4v) is 1.80. The molecule has 1 aliphatic heterocycles. The molecule has 1 aromatic rings. The van der Waals surface area contributed by atoms with Crippen LogP contribution < -0.4 is 10.2 Å². The van der Waals surface area contributed by atoms with Gasteiger partial charge in [0.15, 0.2) is 11.6 Å². The lowest BCUT2D eigenvalue weighted by Gasteiger charge is -2.14. The van der Waals surface area contributed by atoms with Crippen LogP contribution in [-0.4, -0.2) is 18.5 Å². The van der Waals surface area contributed by atoms with E-state index in [0.29, 0.717) is 4.90 Å². The highest BCUT2D eigenvalue weighted by molar-refractivity contribution is 9.10. The number of urea groups is 1. The van der Waals surface area contributed by atoms with Crippen molar-refractivity contribution >= 4 is 33.6 Å². The van der Waals surface area contributed by atoms with Gasteiger partial charge in [0.1, 0.15) is 5.69 Å². The first kappa shape index (κ1) is 11.0. The van der Waals surface area contributed by atoms with Crippen LogP contribution in [0.15, 0.2) is 16.6 Å². The molecule has 3 amide bonds. The highest BCUT2D eigenvalue weighted by atomic mass is 79.9. The second kappa shape index (κ2) is 3.82. The smallest absolute Gasteiger partial charge is 0.328 e. The Morgan fingerprint density at radius 3 is 2.25 bits per heavy atom. The Balaban J connectivity index is 2.55. The van der Waals surface area contributed by atoms with Gasteiger partial charge in [-0.05, 0) is 12.1 Å². The van der Waals surface area contributed by atoms with Gasteiger partial charge in [-0.15, -0.1) is 0 Å². The highest BCUT2D eigenvalue weighted by Gasteiger charge is 2.34. The van der Waals surface area contributed by atoms with Crippen LogP contribution in [0.5, 0.6) is 0 Å². The summed E-state index contributed by atoms with van der Waals surface area (Å²) in [5.74, 6) is -2.64. The predicted molar refractivity (Wildman–Crippen MR) is 54.9 cm³/mol. The van der Waals surface area contributed by atoms with Gasteiger partial charge >= 0.3 is 6.03 Å². The quantitative estimate of drug-likeness (QED) is 0.802. The molecule has 0 aromatic heterocycles. The Kier molecular flexibility index (Phi) is 2.63. The minimum atomic E-state index is -0.975. The maximum Gasteiger partial charge on any atom is 0.329 e. The molecule has 1 saturated heterocycles. The summed E-state index contributed by atoms with van der Waals surface area (Å²) in [5.41, 5.74) is -0.650. The van der Waals surface area contributed by atoms with E-state index < -0.39 is 29.3 Å². The zero-order valence-electron chi connectivity index (χ0n) is 7.76. The number of rotatable bonds is 1. The molecule has 1 heterocycles. The Hall–Kier alpha value is -1.50. The normalized spacial score (nSPS) is 15.6. The SMILES string of the molecule is O=C1CNC(=O)N1c1c(F)cc(Br)cc1F. The van der Waals surface area contributed by atoms with Crippen molar-refractivity contribution in [1.82, 2.24) is 5.32 Å². The minimum Gasteiger partial charge on any atom is -0.328 e. The largest absolute Gasteiger partial charge is 0.329 e. The average molecular weight is 291 g/mol. The van der Waals surface area contributed by atoms with Crippen molar-refractivity contribution in [1.29, 1.82) is 0 Å². The van der Waals surface area contributed by atoms with E-state index in [4.69, 9.17) is 0 Å². The van der Waals surface area contributed by atoms with Gasteiger partial charge in [-0.1, -0.05) is 15.9 Å². The van der Waals surface area contributed by atoms with Crippen LogP contribution in [0.1, 0.15) is 0 Å². The molecule has 0 saturated carbocycles. The summed E-state index contributed by atoms with van der Waals surface area (Å²) in [6.07, 6.45) is 0. The summed E-state index contributed by atoms with van der Waals surface area (Å²) in [6, 6.07) is 1.14. The van der Waals surface area contributed by atoms with Crippen LogP contribution in [0.2, 0.25) is 0 Å². The molecular weight excluding hydrogens is 286 g/mol. The molecule has 0 aliphatic carbocycles. The monoisotopic (exact) mass is 290 g/mol. The summed E-state index contributed by atoms with van der Waals surface area (Å²) in [4.78, 5) is 23.0. The third-order valence-electron chi connectivity index (χ3n) is 2.05. The molecule has 1 aliphatic rings. The highest BCUT2D eigenvalue weighted by Crippen LogP contribution is 2.28. The molecule has 0 unspecified atom stereocenters. The van der Waals surface area contributed by atoms with Crippen molar-refractivity contribution < 1.29 is 18.4 Å². The van der Waals surface area contributed by atoms with Gasteiger partial charge in [0.05, 0.1) is 6.54 Å². The van der Waals surface area contributed by atoms with Gasteiger partial charge < -0.3 is 5.32 Å². The number of anilines is 1. The average Bonchev–Trinajstić information content (AvgIpc) is 2.47. The van der Waals surface area contributed by atoms with Gasteiger partial charge in [-0.25, -0.2) is 18.5 Å². The molecule has 7 heteroatoms. The molecule has 2 rings (SSSR count). The number of nitrogens with one attached hydrogen (secondary N) is 1. The zero-order valence-corrected chi connectivity index (χ0v) is 9.35. The first-order valence-electron chi connectivity index (χ1n) is 4.26. The standard InChI is InChI=1S/C9H5BrF2N2O2/c10-4-1-5(11)8(6(12)2-4)14-7(15)3-13-9(14)16/h1-2H,3H2,(H,13,16). The van der Waals surface area contributed by atoms with Crippen LogP contribution in [0.25, 0.3) is 0 Å². The van der Waals surface area contributed by atoms with Crippen molar-refractivity contribution in [2.45, 2.75) is 0 Å². The third-order valence-corrected chi connectivity index (χ3v) is 2.51. The Labute approximate surface area is 97.4 Å². The van der Waals surface area contributed by atoms with Crippen LogP contribution in [0, 0.1) is 11.6 Å². The first-order chi connectivity index (χ1) is 7.50. The van der Waals surface area contributed by atoms with E-state index in [1.54, 1.807) is 0 Å². The molecule has 1 aromatic carbocycles. The Bertz CT molecular complexity index is 453. The minimum absolute atomic E-state index is 0.193. The second-order valence-corrected chi connectivity index (χ2v) is 4.02. The fourth-order valence-electron chi connectivity index (χ4n) is 1.40. The zero-order chi connectivity index (χ0) is 11.9. The molecule has 4 nitrogen and oxygen atoms in total. The van der Waals surface area contributed by atoms with Crippen LogP contribution in [-0.2, 0) is 4.79 Å². The second-order valence-electron chi connectivity index (χ2n) is 3.11. The van der Waals surface area contributed by atoms with Gasteiger partial charge in [0, 0.05) is 4.47 Å². The van der Waals surface area contributed by atoms with Crippen molar-refractivity contribution in [3.8, 4) is 0 Å². The lowest BCUT2D eigenvalue weighted by atomic mass is 10.2. The van der Waals surface area contributed by atoms with Crippen LogP contribution in [0.3, 0.4) is 0 Å². The molecule has 0 spiro atoms. The van der Waals surface area contributed by atoms with Gasteiger partial charge in [0.2, 0.25) is 0 Å².